The van der Waals surface area contributed by atoms with Crippen LogP contribution in [0.4, 0.5) is 5.82 Å². The minimum atomic E-state index is 0.925. The van der Waals surface area contributed by atoms with Crippen molar-refractivity contribution in [2.45, 2.75) is 53.0 Å². The second kappa shape index (κ2) is 9.79. The molecule has 3 heteroatoms. The van der Waals surface area contributed by atoms with E-state index in [4.69, 9.17) is 0 Å². The van der Waals surface area contributed by atoms with Crippen LogP contribution in [0.3, 0.4) is 0 Å². The lowest BCUT2D eigenvalue weighted by Crippen LogP contribution is -2.26. The Morgan fingerprint density at radius 3 is 2.37 bits per heavy atom. The Balaban J connectivity index is 2.65. The fourth-order valence-electron chi connectivity index (χ4n) is 2.17. The molecule has 1 heterocycles. The molecule has 1 N–H and O–H groups in total. The largest absolute Gasteiger partial charge is 0.370 e. The van der Waals surface area contributed by atoms with Gasteiger partial charge in [-0.15, -0.1) is 0 Å². The monoisotopic (exact) mass is 263 g/mol. The van der Waals surface area contributed by atoms with Crippen molar-refractivity contribution in [2.75, 3.05) is 25.0 Å². The quantitative estimate of drug-likeness (QED) is 0.693. The first-order chi connectivity index (χ1) is 9.31. The summed E-state index contributed by atoms with van der Waals surface area (Å²) in [4.78, 5) is 7.00. The molecule has 0 aliphatic carbocycles. The molecule has 0 saturated carbocycles. The lowest BCUT2D eigenvalue weighted by atomic mass is 10.2. The van der Waals surface area contributed by atoms with Gasteiger partial charge >= 0.3 is 0 Å². The van der Waals surface area contributed by atoms with Gasteiger partial charge in [0.15, 0.2) is 0 Å². The number of rotatable bonds is 10. The van der Waals surface area contributed by atoms with E-state index >= 15 is 0 Å². The summed E-state index contributed by atoms with van der Waals surface area (Å²) in [6, 6.07) is 4.23. The highest BCUT2D eigenvalue weighted by atomic mass is 15.1. The summed E-state index contributed by atoms with van der Waals surface area (Å²) in [5, 5.41) is 3.36. The standard InChI is InChI=1S/C16H29N3/c1-4-7-12-19(13-8-5-2)14-15-10-9-11-18-16(15)17-6-3/h9-11H,4-8,12-14H2,1-3H3,(H,17,18). The normalized spacial score (nSPS) is 10.9. The molecule has 0 aliphatic rings. The Bertz CT molecular complexity index is 331. The number of anilines is 1. The number of nitrogens with one attached hydrogen (secondary N) is 1. The highest BCUT2D eigenvalue weighted by Gasteiger charge is 2.08. The molecule has 0 unspecified atom stereocenters. The van der Waals surface area contributed by atoms with Crippen LogP contribution in [0.2, 0.25) is 0 Å². The van der Waals surface area contributed by atoms with Crippen LogP contribution in [-0.2, 0) is 6.54 Å². The lowest BCUT2D eigenvalue weighted by molar-refractivity contribution is 0.257. The fourth-order valence-corrected chi connectivity index (χ4v) is 2.17. The fraction of sp³-hybridized carbons (Fsp3) is 0.688. The van der Waals surface area contributed by atoms with Crippen molar-refractivity contribution in [1.29, 1.82) is 0 Å². The van der Waals surface area contributed by atoms with E-state index in [1.165, 1.54) is 44.3 Å². The maximum atomic E-state index is 4.44. The van der Waals surface area contributed by atoms with Crippen molar-refractivity contribution < 1.29 is 0 Å². The second-order valence-electron chi connectivity index (χ2n) is 5.02. The van der Waals surface area contributed by atoms with Crippen LogP contribution in [-0.4, -0.2) is 29.5 Å². The summed E-state index contributed by atoms with van der Waals surface area (Å²) in [5.74, 6) is 1.04. The third-order valence-electron chi connectivity index (χ3n) is 3.29. The van der Waals surface area contributed by atoms with E-state index in [1.54, 1.807) is 0 Å². The summed E-state index contributed by atoms with van der Waals surface area (Å²) in [6.45, 7) is 10.9. The Kier molecular flexibility index (Phi) is 8.23. The van der Waals surface area contributed by atoms with Crippen molar-refractivity contribution >= 4 is 5.82 Å². The highest BCUT2D eigenvalue weighted by Crippen LogP contribution is 2.15. The van der Waals surface area contributed by atoms with Gasteiger partial charge in [0, 0.05) is 24.8 Å². The molecule has 0 aliphatic heterocycles. The number of nitrogens with zero attached hydrogens (tertiary/aromatic N) is 2. The van der Waals surface area contributed by atoms with Gasteiger partial charge < -0.3 is 5.32 Å². The zero-order chi connectivity index (χ0) is 13.9. The Labute approximate surface area is 118 Å². The van der Waals surface area contributed by atoms with Gasteiger partial charge in [-0.2, -0.15) is 0 Å². The molecule has 0 atom stereocenters. The number of pyridine rings is 1. The maximum Gasteiger partial charge on any atom is 0.130 e. The molecule has 1 rings (SSSR count). The predicted molar refractivity (Wildman–Crippen MR) is 83.5 cm³/mol. The molecule has 0 aromatic carbocycles. The highest BCUT2D eigenvalue weighted by molar-refractivity contribution is 5.43. The summed E-state index contributed by atoms with van der Waals surface area (Å²) in [7, 11) is 0. The van der Waals surface area contributed by atoms with Crippen molar-refractivity contribution in [3.05, 3.63) is 23.9 Å². The van der Waals surface area contributed by atoms with Crippen molar-refractivity contribution in [3.63, 3.8) is 0 Å². The maximum absolute atomic E-state index is 4.44. The summed E-state index contributed by atoms with van der Waals surface area (Å²) >= 11 is 0. The summed E-state index contributed by atoms with van der Waals surface area (Å²) < 4.78 is 0. The van der Waals surface area contributed by atoms with E-state index in [2.05, 4.69) is 42.0 Å². The number of aromatic nitrogens is 1. The molecule has 0 saturated heterocycles. The van der Waals surface area contributed by atoms with E-state index < -0.39 is 0 Å². The minimum Gasteiger partial charge on any atom is -0.370 e. The first kappa shape index (κ1) is 16.0. The van der Waals surface area contributed by atoms with Crippen molar-refractivity contribution in [1.82, 2.24) is 9.88 Å². The molecule has 0 bridgehead atoms. The average Bonchev–Trinajstić information content (AvgIpc) is 2.44. The second-order valence-corrected chi connectivity index (χ2v) is 5.02. The van der Waals surface area contributed by atoms with Gasteiger partial charge in [-0.3, -0.25) is 4.90 Å². The Morgan fingerprint density at radius 1 is 1.11 bits per heavy atom. The molecule has 1 aromatic rings. The SMILES string of the molecule is CCCCN(CCCC)Cc1cccnc1NCC. The first-order valence-corrected chi connectivity index (χ1v) is 7.71. The van der Waals surface area contributed by atoms with Gasteiger partial charge in [0.05, 0.1) is 0 Å². The van der Waals surface area contributed by atoms with Gasteiger partial charge in [0.25, 0.3) is 0 Å². The predicted octanol–water partition coefficient (Wildman–Crippen LogP) is 3.92. The molecule has 1 aromatic heterocycles. The van der Waals surface area contributed by atoms with E-state index in [-0.39, 0.29) is 0 Å². The molecule has 0 spiro atoms. The topological polar surface area (TPSA) is 28.2 Å². The molecular weight excluding hydrogens is 234 g/mol. The van der Waals surface area contributed by atoms with Gasteiger partial charge in [0.1, 0.15) is 5.82 Å². The van der Waals surface area contributed by atoms with E-state index in [9.17, 15) is 0 Å². The zero-order valence-electron chi connectivity index (χ0n) is 12.8. The number of unbranched alkanes of at least 4 members (excludes halogenated alkanes) is 2. The Morgan fingerprint density at radius 2 is 1.79 bits per heavy atom. The van der Waals surface area contributed by atoms with Gasteiger partial charge in [-0.25, -0.2) is 4.98 Å². The van der Waals surface area contributed by atoms with Crippen LogP contribution in [0.25, 0.3) is 0 Å². The third kappa shape index (κ3) is 6.06. The summed E-state index contributed by atoms with van der Waals surface area (Å²) in [6.07, 6.45) is 6.94. The molecule has 0 radical (unpaired) electrons. The zero-order valence-corrected chi connectivity index (χ0v) is 12.8. The van der Waals surface area contributed by atoms with E-state index in [1.807, 2.05) is 12.3 Å². The molecule has 19 heavy (non-hydrogen) atoms. The van der Waals surface area contributed by atoms with Crippen LogP contribution in [0.1, 0.15) is 52.0 Å². The minimum absolute atomic E-state index is 0.925. The van der Waals surface area contributed by atoms with Gasteiger partial charge in [-0.05, 0) is 38.9 Å². The van der Waals surface area contributed by atoms with E-state index in [0.29, 0.717) is 0 Å². The smallest absolute Gasteiger partial charge is 0.130 e. The first-order valence-electron chi connectivity index (χ1n) is 7.71. The third-order valence-corrected chi connectivity index (χ3v) is 3.29. The Hall–Kier alpha value is -1.09. The van der Waals surface area contributed by atoms with E-state index in [0.717, 1.165) is 18.9 Å². The van der Waals surface area contributed by atoms with Crippen LogP contribution < -0.4 is 5.32 Å². The molecule has 0 amide bonds. The number of hydrogen-bond acceptors (Lipinski definition) is 3. The van der Waals surface area contributed by atoms with Gasteiger partial charge in [-0.1, -0.05) is 32.8 Å². The van der Waals surface area contributed by atoms with Crippen LogP contribution in [0.5, 0.6) is 0 Å². The number of hydrogen-bond donors (Lipinski definition) is 1. The molecular formula is C16H29N3. The molecule has 0 fully saturated rings. The average molecular weight is 263 g/mol. The van der Waals surface area contributed by atoms with Crippen LogP contribution >= 0.6 is 0 Å². The summed E-state index contributed by atoms with van der Waals surface area (Å²) in [5.41, 5.74) is 1.32. The molecule has 108 valence electrons. The van der Waals surface area contributed by atoms with Crippen LogP contribution in [0, 0.1) is 0 Å². The van der Waals surface area contributed by atoms with Crippen LogP contribution in [0.15, 0.2) is 18.3 Å². The lowest BCUT2D eigenvalue weighted by Gasteiger charge is -2.23. The molecule has 3 nitrogen and oxygen atoms in total. The van der Waals surface area contributed by atoms with Crippen molar-refractivity contribution in [3.8, 4) is 0 Å². The van der Waals surface area contributed by atoms with Crippen molar-refractivity contribution in [2.24, 2.45) is 0 Å². The van der Waals surface area contributed by atoms with Gasteiger partial charge in [0.2, 0.25) is 0 Å².